The van der Waals surface area contributed by atoms with E-state index in [9.17, 15) is 9.59 Å². The second kappa shape index (κ2) is 9.88. The Labute approximate surface area is 124 Å². The highest BCUT2D eigenvalue weighted by Gasteiger charge is 2.19. The van der Waals surface area contributed by atoms with Crippen molar-refractivity contribution in [3.05, 3.63) is 0 Å². The van der Waals surface area contributed by atoms with Gasteiger partial charge in [-0.15, -0.1) is 0 Å². The molecule has 2 amide bonds. The monoisotopic (exact) mass is 303 g/mol. The van der Waals surface area contributed by atoms with Crippen molar-refractivity contribution in [3.63, 3.8) is 0 Å². The fourth-order valence-electron chi connectivity index (χ4n) is 2.21. The van der Waals surface area contributed by atoms with Gasteiger partial charge in [0.15, 0.2) is 0 Å². The van der Waals surface area contributed by atoms with E-state index in [-0.39, 0.29) is 0 Å². The van der Waals surface area contributed by atoms with Gasteiger partial charge >= 0.3 is 12.0 Å². The number of aliphatic carboxylic acids is 1. The van der Waals surface area contributed by atoms with Gasteiger partial charge in [0.05, 0.1) is 0 Å². The predicted octanol–water partition coefficient (Wildman–Crippen LogP) is 0.978. The van der Waals surface area contributed by atoms with Gasteiger partial charge in [-0.3, -0.25) is 0 Å². The number of carboxylic acids is 1. The molecule has 1 rings (SSSR count). The molecule has 3 N–H and O–H groups in total. The van der Waals surface area contributed by atoms with Gasteiger partial charge in [0.2, 0.25) is 0 Å². The summed E-state index contributed by atoms with van der Waals surface area (Å²) >= 11 is 1.57. The summed E-state index contributed by atoms with van der Waals surface area (Å²) in [4.78, 5) is 25.0. The van der Waals surface area contributed by atoms with Gasteiger partial charge in [0.25, 0.3) is 0 Å². The number of thioether (sulfide) groups is 1. The number of urea groups is 1. The van der Waals surface area contributed by atoms with Gasteiger partial charge in [-0.05, 0) is 44.4 Å². The highest BCUT2D eigenvalue weighted by atomic mass is 32.2. The number of likely N-dealkylation sites (tertiary alicyclic amines) is 1. The Bertz CT molecular complexity index is 309. The van der Waals surface area contributed by atoms with Crippen molar-refractivity contribution in [2.24, 2.45) is 0 Å². The number of carbonyl (C=O) groups is 2. The fourth-order valence-corrected chi connectivity index (χ4v) is 2.68. The molecule has 1 atom stereocenters. The first-order valence-corrected chi connectivity index (χ1v) is 8.51. The molecule has 20 heavy (non-hydrogen) atoms. The molecule has 6 nitrogen and oxygen atoms in total. The van der Waals surface area contributed by atoms with E-state index in [2.05, 4.69) is 15.5 Å². The average Bonchev–Trinajstić information content (AvgIpc) is 2.44. The van der Waals surface area contributed by atoms with Crippen LogP contribution in [0, 0.1) is 0 Å². The largest absolute Gasteiger partial charge is 0.480 e. The molecule has 0 bridgehead atoms. The van der Waals surface area contributed by atoms with Crippen molar-refractivity contribution < 1.29 is 14.7 Å². The lowest BCUT2D eigenvalue weighted by molar-refractivity contribution is -0.139. The quantitative estimate of drug-likeness (QED) is 0.623. The second-order valence-corrected chi connectivity index (χ2v) is 5.96. The Kier molecular flexibility index (Phi) is 8.45. The van der Waals surface area contributed by atoms with Crippen LogP contribution < -0.4 is 10.6 Å². The maximum Gasteiger partial charge on any atom is 0.326 e. The van der Waals surface area contributed by atoms with Crippen molar-refractivity contribution in [2.45, 2.75) is 31.7 Å². The number of rotatable bonds is 8. The zero-order valence-corrected chi connectivity index (χ0v) is 12.9. The molecule has 1 heterocycles. The molecule has 1 saturated heterocycles. The second-order valence-electron chi connectivity index (χ2n) is 4.97. The van der Waals surface area contributed by atoms with E-state index in [0.717, 1.165) is 19.6 Å². The third-order valence-electron chi connectivity index (χ3n) is 3.38. The lowest BCUT2D eigenvalue weighted by Gasteiger charge is -2.26. The molecule has 0 aromatic rings. The Morgan fingerprint density at radius 1 is 1.30 bits per heavy atom. The molecule has 1 aliphatic heterocycles. The maximum absolute atomic E-state index is 11.7. The first-order chi connectivity index (χ1) is 9.63. The normalized spacial score (nSPS) is 17.4. The van der Waals surface area contributed by atoms with Gasteiger partial charge in [-0.25, -0.2) is 9.59 Å². The topological polar surface area (TPSA) is 81.7 Å². The number of amides is 2. The molecule has 7 heteroatoms. The van der Waals surface area contributed by atoms with E-state index in [0.29, 0.717) is 18.7 Å². The van der Waals surface area contributed by atoms with Crippen LogP contribution in [-0.2, 0) is 4.79 Å². The van der Waals surface area contributed by atoms with E-state index < -0.39 is 18.0 Å². The summed E-state index contributed by atoms with van der Waals surface area (Å²) in [5.74, 6) is -0.268. The minimum Gasteiger partial charge on any atom is -0.480 e. The van der Waals surface area contributed by atoms with Crippen LogP contribution in [0.1, 0.15) is 25.7 Å². The molecule has 0 unspecified atom stereocenters. The summed E-state index contributed by atoms with van der Waals surface area (Å²) in [5.41, 5.74) is 0. The van der Waals surface area contributed by atoms with E-state index in [4.69, 9.17) is 5.11 Å². The average molecular weight is 303 g/mol. The van der Waals surface area contributed by atoms with E-state index in [1.54, 1.807) is 11.8 Å². The molecule has 1 fully saturated rings. The Morgan fingerprint density at radius 2 is 2.00 bits per heavy atom. The first kappa shape index (κ1) is 17.1. The molecule has 0 spiro atoms. The number of hydrogen-bond donors (Lipinski definition) is 3. The molecule has 0 aliphatic carbocycles. The molecule has 0 aromatic heterocycles. The van der Waals surface area contributed by atoms with Crippen molar-refractivity contribution in [1.82, 2.24) is 15.5 Å². The molecule has 116 valence electrons. The summed E-state index contributed by atoms with van der Waals surface area (Å²) in [6.45, 7) is 3.57. The number of nitrogens with zero attached hydrogens (tertiary/aromatic N) is 1. The third kappa shape index (κ3) is 7.00. The Hall–Kier alpha value is -0.950. The first-order valence-electron chi connectivity index (χ1n) is 7.12. The number of carboxylic acid groups (broad SMARTS) is 1. The highest BCUT2D eigenvalue weighted by Crippen LogP contribution is 2.07. The summed E-state index contributed by atoms with van der Waals surface area (Å²) in [6, 6.07) is -1.20. The van der Waals surface area contributed by atoms with Gasteiger partial charge in [0.1, 0.15) is 6.04 Å². The molecular weight excluding hydrogens is 278 g/mol. The maximum atomic E-state index is 11.7. The number of nitrogens with one attached hydrogen (secondary N) is 2. The Morgan fingerprint density at radius 3 is 2.60 bits per heavy atom. The minimum absolute atomic E-state index is 0.393. The highest BCUT2D eigenvalue weighted by molar-refractivity contribution is 7.98. The van der Waals surface area contributed by atoms with E-state index >= 15 is 0 Å². The summed E-state index contributed by atoms with van der Waals surface area (Å²) in [5, 5.41) is 14.3. The summed E-state index contributed by atoms with van der Waals surface area (Å²) < 4.78 is 0. The number of carbonyl (C=O) groups excluding carboxylic acids is 1. The van der Waals surface area contributed by atoms with Crippen LogP contribution in [0.25, 0.3) is 0 Å². The van der Waals surface area contributed by atoms with Crippen LogP contribution in [0.5, 0.6) is 0 Å². The standard InChI is InChI=1S/C13H25N3O3S/c1-20-10-5-11(12(17)18)15-13(19)14-6-9-16-7-3-2-4-8-16/h11H,2-10H2,1H3,(H,17,18)(H2,14,15,19)/t11-/m1/s1. The molecule has 1 aliphatic rings. The van der Waals surface area contributed by atoms with Crippen LogP contribution in [0.2, 0.25) is 0 Å². The fraction of sp³-hybridized carbons (Fsp3) is 0.846. The third-order valence-corrected chi connectivity index (χ3v) is 4.02. The summed E-state index contributed by atoms with van der Waals surface area (Å²) in [6.07, 6.45) is 6.09. The van der Waals surface area contributed by atoms with Crippen LogP contribution in [0.4, 0.5) is 4.79 Å². The lowest BCUT2D eigenvalue weighted by atomic mass is 10.1. The van der Waals surface area contributed by atoms with E-state index in [1.165, 1.54) is 19.3 Å². The van der Waals surface area contributed by atoms with Crippen LogP contribution in [-0.4, -0.2) is 66.2 Å². The molecular formula is C13H25N3O3S. The zero-order chi connectivity index (χ0) is 14.8. The molecule has 0 saturated carbocycles. The lowest BCUT2D eigenvalue weighted by Crippen LogP contribution is -2.48. The smallest absolute Gasteiger partial charge is 0.326 e. The number of piperidine rings is 1. The Balaban J connectivity index is 2.18. The molecule has 0 radical (unpaired) electrons. The van der Waals surface area contributed by atoms with Gasteiger partial charge in [0, 0.05) is 13.1 Å². The van der Waals surface area contributed by atoms with Gasteiger partial charge in [-0.1, -0.05) is 6.42 Å². The van der Waals surface area contributed by atoms with Crippen molar-refractivity contribution in [3.8, 4) is 0 Å². The minimum atomic E-state index is -0.981. The van der Waals surface area contributed by atoms with Crippen molar-refractivity contribution in [1.29, 1.82) is 0 Å². The van der Waals surface area contributed by atoms with Crippen molar-refractivity contribution in [2.75, 3.05) is 38.2 Å². The zero-order valence-electron chi connectivity index (χ0n) is 12.1. The van der Waals surface area contributed by atoms with Crippen molar-refractivity contribution >= 4 is 23.8 Å². The van der Waals surface area contributed by atoms with E-state index in [1.807, 2.05) is 6.26 Å². The van der Waals surface area contributed by atoms with Crippen LogP contribution in [0.15, 0.2) is 0 Å². The van der Waals surface area contributed by atoms with Gasteiger partial charge in [-0.2, -0.15) is 11.8 Å². The van der Waals surface area contributed by atoms with Crippen LogP contribution in [0.3, 0.4) is 0 Å². The number of hydrogen-bond acceptors (Lipinski definition) is 4. The SMILES string of the molecule is CSCC[C@@H](NC(=O)NCCN1CCCCC1)C(=O)O. The molecule has 0 aromatic carbocycles. The summed E-state index contributed by atoms with van der Waals surface area (Å²) in [7, 11) is 0. The van der Waals surface area contributed by atoms with Gasteiger partial charge < -0.3 is 20.6 Å². The predicted molar refractivity (Wildman–Crippen MR) is 81.2 cm³/mol. The van der Waals surface area contributed by atoms with Crippen LogP contribution >= 0.6 is 11.8 Å².